The molecule has 2 aliphatic rings. The third kappa shape index (κ3) is 5.50. The number of hydrogen-bond donors (Lipinski definition) is 1. The molecule has 0 amide bonds. The highest BCUT2D eigenvalue weighted by Gasteiger charge is 2.32. The van der Waals surface area contributed by atoms with E-state index in [2.05, 4.69) is 17.1 Å². The Morgan fingerprint density at radius 1 is 1.35 bits per heavy atom. The fourth-order valence-corrected chi connectivity index (χ4v) is 3.47. The first-order valence-corrected chi connectivity index (χ1v) is 9.79. The SMILES string of the molecule is CCNC(=NCCOc1cccc(Cl)c1)N1CCOC(C2CCCO2)C1. The van der Waals surface area contributed by atoms with Crippen molar-refractivity contribution in [2.75, 3.05) is 46.0 Å². The van der Waals surface area contributed by atoms with E-state index in [0.717, 1.165) is 50.8 Å². The van der Waals surface area contributed by atoms with Crippen LogP contribution in [-0.4, -0.2) is 69.1 Å². The maximum absolute atomic E-state index is 5.97. The number of ether oxygens (including phenoxy) is 3. The van der Waals surface area contributed by atoms with E-state index in [4.69, 9.17) is 30.8 Å². The number of rotatable bonds is 6. The van der Waals surface area contributed by atoms with Crippen molar-refractivity contribution in [2.45, 2.75) is 32.0 Å². The lowest BCUT2D eigenvalue weighted by Crippen LogP contribution is -2.53. The van der Waals surface area contributed by atoms with Crippen LogP contribution in [-0.2, 0) is 9.47 Å². The van der Waals surface area contributed by atoms with Gasteiger partial charge in [0.15, 0.2) is 5.96 Å². The molecule has 2 fully saturated rings. The third-order valence-electron chi connectivity index (χ3n) is 4.53. The summed E-state index contributed by atoms with van der Waals surface area (Å²) in [5.74, 6) is 1.68. The van der Waals surface area contributed by atoms with Crippen LogP contribution in [0.4, 0.5) is 0 Å². The Hall–Kier alpha value is -1.50. The maximum Gasteiger partial charge on any atom is 0.194 e. The summed E-state index contributed by atoms with van der Waals surface area (Å²) in [6, 6.07) is 7.42. The molecular formula is C19H28ClN3O3. The lowest BCUT2D eigenvalue weighted by atomic mass is 10.1. The summed E-state index contributed by atoms with van der Waals surface area (Å²) in [5.41, 5.74) is 0. The zero-order valence-electron chi connectivity index (χ0n) is 15.3. The lowest BCUT2D eigenvalue weighted by Gasteiger charge is -2.37. The van der Waals surface area contributed by atoms with Crippen molar-refractivity contribution >= 4 is 17.6 Å². The second-order valence-corrected chi connectivity index (χ2v) is 6.88. The van der Waals surface area contributed by atoms with Crippen LogP contribution < -0.4 is 10.1 Å². The second kappa shape index (κ2) is 10.00. The summed E-state index contributed by atoms with van der Waals surface area (Å²) in [6.07, 6.45) is 2.55. The molecule has 0 aliphatic carbocycles. The highest BCUT2D eigenvalue weighted by molar-refractivity contribution is 6.30. The Bertz CT molecular complexity index is 593. The van der Waals surface area contributed by atoms with Gasteiger partial charge in [-0.3, -0.25) is 0 Å². The summed E-state index contributed by atoms with van der Waals surface area (Å²) in [5, 5.41) is 4.05. The number of morpholine rings is 1. The van der Waals surface area contributed by atoms with E-state index in [-0.39, 0.29) is 12.2 Å². The van der Waals surface area contributed by atoms with Crippen molar-refractivity contribution in [1.82, 2.24) is 10.2 Å². The van der Waals surface area contributed by atoms with Crippen LogP contribution in [0.1, 0.15) is 19.8 Å². The number of nitrogens with zero attached hydrogens (tertiary/aromatic N) is 2. The van der Waals surface area contributed by atoms with E-state index in [9.17, 15) is 0 Å². The second-order valence-electron chi connectivity index (χ2n) is 6.45. The molecule has 2 atom stereocenters. The quantitative estimate of drug-likeness (QED) is 0.466. The van der Waals surface area contributed by atoms with Gasteiger partial charge in [0.1, 0.15) is 18.5 Å². The van der Waals surface area contributed by atoms with E-state index in [0.29, 0.717) is 24.8 Å². The van der Waals surface area contributed by atoms with Gasteiger partial charge in [-0.2, -0.15) is 0 Å². The molecule has 2 heterocycles. The van der Waals surface area contributed by atoms with E-state index < -0.39 is 0 Å². The summed E-state index contributed by atoms with van der Waals surface area (Å²) in [7, 11) is 0. The molecule has 2 unspecified atom stereocenters. The van der Waals surface area contributed by atoms with Crippen molar-refractivity contribution in [1.29, 1.82) is 0 Å². The first-order chi connectivity index (χ1) is 12.8. The predicted octanol–water partition coefficient (Wildman–Crippen LogP) is 2.56. The van der Waals surface area contributed by atoms with E-state index in [1.807, 2.05) is 24.3 Å². The molecular weight excluding hydrogens is 354 g/mol. The van der Waals surface area contributed by atoms with Gasteiger partial charge >= 0.3 is 0 Å². The Morgan fingerprint density at radius 2 is 2.23 bits per heavy atom. The number of nitrogens with one attached hydrogen (secondary N) is 1. The lowest BCUT2D eigenvalue weighted by molar-refractivity contribution is -0.0817. The molecule has 2 saturated heterocycles. The smallest absolute Gasteiger partial charge is 0.194 e. The zero-order chi connectivity index (χ0) is 18.2. The van der Waals surface area contributed by atoms with Gasteiger partial charge in [0.05, 0.1) is 19.3 Å². The van der Waals surface area contributed by atoms with Crippen LogP contribution in [0.2, 0.25) is 5.02 Å². The first kappa shape index (κ1) is 19.3. The van der Waals surface area contributed by atoms with Crippen molar-refractivity contribution < 1.29 is 14.2 Å². The molecule has 1 aromatic carbocycles. The predicted molar refractivity (Wildman–Crippen MR) is 103 cm³/mol. The standard InChI is InChI=1S/C19H28ClN3O3/c1-2-21-19(22-8-11-24-16-6-3-5-15(20)13-16)23-9-12-26-18(14-23)17-7-4-10-25-17/h3,5-6,13,17-18H,2,4,7-12,14H2,1H3,(H,21,22). The van der Waals surface area contributed by atoms with Crippen LogP contribution in [0.5, 0.6) is 5.75 Å². The van der Waals surface area contributed by atoms with Crippen LogP contribution in [0, 0.1) is 0 Å². The van der Waals surface area contributed by atoms with E-state index in [1.165, 1.54) is 0 Å². The van der Waals surface area contributed by atoms with Crippen LogP contribution in [0.15, 0.2) is 29.3 Å². The molecule has 0 aromatic heterocycles. The molecule has 1 N–H and O–H groups in total. The monoisotopic (exact) mass is 381 g/mol. The number of benzene rings is 1. The van der Waals surface area contributed by atoms with Gasteiger partial charge in [0, 0.05) is 31.3 Å². The average molecular weight is 382 g/mol. The minimum absolute atomic E-state index is 0.123. The van der Waals surface area contributed by atoms with Crippen molar-refractivity contribution in [3.8, 4) is 5.75 Å². The van der Waals surface area contributed by atoms with Crippen molar-refractivity contribution in [3.05, 3.63) is 29.3 Å². The van der Waals surface area contributed by atoms with Crippen LogP contribution >= 0.6 is 11.6 Å². The summed E-state index contributed by atoms with van der Waals surface area (Å²) in [6.45, 7) is 7.20. The molecule has 1 aromatic rings. The zero-order valence-corrected chi connectivity index (χ0v) is 16.1. The molecule has 144 valence electrons. The van der Waals surface area contributed by atoms with E-state index >= 15 is 0 Å². The Kier molecular flexibility index (Phi) is 7.41. The highest BCUT2D eigenvalue weighted by Crippen LogP contribution is 2.21. The van der Waals surface area contributed by atoms with Crippen molar-refractivity contribution in [3.63, 3.8) is 0 Å². The van der Waals surface area contributed by atoms with Gasteiger partial charge in [-0.15, -0.1) is 0 Å². The molecule has 0 saturated carbocycles. The molecule has 0 radical (unpaired) electrons. The van der Waals surface area contributed by atoms with Gasteiger partial charge in [0.2, 0.25) is 0 Å². The van der Waals surface area contributed by atoms with Gasteiger partial charge < -0.3 is 24.4 Å². The third-order valence-corrected chi connectivity index (χ3v) is 4.76. The first-order valence-electron chi connectivity index (χ1n) is 9.41. The van der Waals surface area contributed by atoms with Gasteiger partial charge in [-0.25, -0.2) is 4.99 Å². The van der Waals surface area contributed by atoms with Gasteiger partial charge in [-0.05, 0) is 38.0 Å². The van der Waals surface area contributed by atoms with Crippen LogP contribution in [0.25, 0.3) is 0 Å². The molecule has 26 heavy (non-hydrogen) atoms. The van der Waals surface area contributed by atoms with Gasteiger partial charge in [0.25, 0.3) is 0 Å². The number of guanidine groups is 1. The molecule has 3 rings (SSSR count). The van der Waals surface area contributed by atoms with E-state index in [1.54, 1.807) is 0 Å². The van der Waals surface area contributed by atoms with Crippen LogP contribution in [0.3, 0.4) is 0 Å². The highest BCUT2D eigenvalue weighted by atomic mass is 35.5. The fourth-order valence-electron chi connectivity index (χ4n) is 3.29. The molecule has 0 spiro atoms. The largest absolute Gasteiger partial charge is 0.492 e. The number of halogens is 1. The Labute approximate surface area is 160 Å². The summed E-state index contributed by atoms with van der Waals surface area (Å²) >= 11 is 5.97. The minimum atomic E-state index is 0.123. The van der Waals surface area contributed by atoms with Crippen molar-refractivity contribution in [2.24, 2.45) is 4.99 Å². The minimum Gasteiger partial charge on any atom is -0.492 e. The number of hydrogen-bond acceptors (Lipinski definition) is 4. The Balaban J connectivity index is 1.52. The summed E-state index contributed by atoms with van der Waals surface area (Å²) in [4.78, 5) is 6.98. The number of aliphatic imine (C=N–C) groups is 1. The summed E-state index contributed by atoms with van der Waals surface area (Å²) < 4.78 is 17.4. The maximum atomic E-state index is 5.97. The molecule has 6 nitrogen and oxygen atoms in total. The topological polar surface area (TPSA) is 55.3 Å². The van der Waals surface area contributed by atoms with Gasteiger partial charge in [-0.1, -0.05) is 17.7 Å². The fraction of sp³-hybridized carbons (Fsp3) is 0.632. The normalized spacial score (nSPS) is 23.9. The average Bonchev–Trinajstić information content (AvgIpc) is 3.19. The molecule has 0 bridgehead atoms. The molecule has 7 heteroatoms. The Morgan fingerprint density at radius 3 is 3.00 bits per heavy atom. The molecule has 2 aliphatic heterocycles.